The fourth-order valence-electron chi connectivity index (χ4n) is 1.20. The summed E-state index contributed by atoms with van der Waals surface area (Å²) in [5.41, 5.74) is 1.51. The van der Waals surface area contributed by atoms with Crippen molar-refractivity contribution in [3.05, 3.63) is 51.0 Å². The van der Waals surface area contributed by atoms with Gasteiger partial charge in [0, 0.05) is 18.3 Å². The molecule has 8 nitrogen and oxygen atoms in total. The van der Waals surface area contributed by atoms with Crippen molar-refractivity contribution < 1.29 is 24.2 Å². The second-order valence-electron chi connectivity index (χ2n) is 3.42. The molecule has 1 heterocycles. The number of carbonyl (C=O) groups excluding carboxylic acids is 1. The molecule has 0 spiro atoms. The van der Waals surface area contributed by atoms with Gasteiger partial charge in [0.2, 0.25) is 0 Å². The molecule has 2 rings (SSSR count). The Balaban J connectivity index is 1.77. The fraction of sp³-hybridized carbons (Fsp3) is 0.0909. The first-order chi connectivity index (χ1) is 9.65. The minimum Gasteiger partial charge on any atom is -0.393 e. The molecule has 0 aliphatic rings. The molecular formula is C11H8N2O6S. The molecule has 0 radical (unpaired) electrons. The van der Waals surface area contributed by atoms with E-state index in [4.69, 9.17) is 4.74 Å². The normalized spacial score (nSPS) is 10.0. The van der Waals surface area contributed by atoms with E-state index in [1.54, 1.807) is 11.7 Å². The van der Waals surface area contributed by atoms with E-state index in [1.807, 2.05) is 0 Å². The van der Waals surface area contributed by atoms with Crippen LogP contribution in [0.4, 0.5) is 10.5 Å². The van der Waals surface area contributed by atoms with Crippen molar-refractivity contribution in [2.45, 2.75) is 6.61 Å². The highest BCUT2D eigenvalue weighted by atomic mass is 32.1. The van der Waals surface area contributed by atoms with Crippen LogP contribution >= 0.6 is 11.3 Å². The van der Waals surface area contributed by atoms with Crippen LogP contribution in [-0.2, 0) is 16.4 Å². The SMILES string of the molecule is O=C(OOCc1cncs1)Oc1ccc([N+](=O)[O-])cc1. The van der Waals surface area contributed by atoms with Gasteiger partial charge in [0.1, 0.15) is 12.4 Å². The quantitative estimate of drug-likeness (QED) is 0.275. The molecule has 0 aliphatic carbocycles. The lowest BCUT2D eigenvalue weighted by Crippen LogP contribution is -2.10. The molecule has 0 bridgehead atoms. The number of thiazole rings is 1. The van der Waals surface area contributed by atoms with Crippen LogP contribution in [0.1, 0.15) is 4.88 Å². The average molecular weight is 296 g/mol. The van der Waals surface area contributed by atoms with E-state index in [9.17, 15) is 14.9 Å². The molecule has 1 aromatic carbocycles. The number of hydrogen-bond acceptors (Lipinski definition) is 8. The number of benzene rings is 1. The molecule has 2 aromatic rings. The molecule has 0 aliphatic heterocycles. The van der Waals surface area contributed by atoms with Crippen LogP contribution in [0.25, 0.3) is 0 Å². The van der Waals surface area contributed by atoms with Crippen LogP contribution in [0.15, 0.2) is 36.0 Å². The zero-order valence-corrected chi connectivity index (χ0v) is 10.7. The minimum atomic E-state index is -1.07. The topological polar surface area (TPSA) is 101 Å². The van der Waals surface area contributed by atoms with Crippen molar-refractivity contribution in [3.8, 4) is 5.75 Å². The Kier molecular flexibility index (Phi) is 4.58. The van der Waals surface area contributed by atoms with Crippen LogP contribution in [0, 0.1) is 10.1 Å². The summed E-state index contributed by atoms with van der Waals surface area (Å²) in [6, 6.07) is 4.98. The summed E-state index contributed by atoms with van der Waals surface area (Å²) in [4.78, 5) is 34.8. The zero-order valence-electron chi connectivity index (χ0n) is 9.92. The molecule has 0 saturated heterocycles. The van der Waals surface area contributed by atoms with Crippen molar-refractivity contribution in [2.75, 3.05) is 0 Å². The third-order valence-corrected chi connectivity index (χ3v) is 2.81. The summed E-state index contributed by atoms with van der Waals surface area (Å²) in [7, 11) is 0. The van der Waals surface area contributed by atoms with Gasteiger partial charge in [-0.25, -0.2) is 4.79 Å². The van der Waals surface area contributed by atoms with Crippen LogP contribution in [0.2, 0.25) is 0 Å². The summed E-state index contributed by atoms with van der Waals surface area (Å²) in [5.74, 6) is 0.113. The first-order valence-electron chi connectivity index (χ1n) is 5.28. The Hall–Kier alpha value is -2.52. The first kappa shape index (κ1) is 13.9. The van der Waals surface area contributed by atoms with Crippen molar-refractivity contribution in [1.82, 2.24) is 4.98 Å². The number of nitro benzene ring substituents is 1. The number of ether oxygens (including phenoxy) is 1. The van der Waals surface area contributed by atoms with E-state index < -0.39 is 11.1 Å². The maximum absolute atomic E-state index is 11.2. The van der Waals surface area contributed by atoms with Crippen molar-refractivity contribution in [3.63, 3.8) is 0 Å². The molecule has 0 saturated carbocycles. The standard InChI is InChI=1S/C11H8N2O6S/c14-11(19-17-6-10-5-12-7-20-10)18-9-3-1-8(2-4-9)13(15)16/h1-5,7H,6H2. The van der Waals surface area contributed by atoms with Gasteiger partial charge in [-0.15, -0.1) is 11.3 Å². The Labute approximate surface area is 116 Å². The predicted molar refractivity (Wildman–Crippen MR) is 67.1 cm³/mol. The molecule has 0 N–H and O–H groups in total. The summed E-state index contributed by atoms with van der Waals surface area (Å²) in [6.07, 6.45) is 0.513. The van der Waals surface area contributed by atoms with Crippen LogP contribution in [0.3, 0.4) is 0 Å². The number of rotatable bonds is 5. The Morgan fingerprint density at radius 3 is 2.70 bits per heavy atom. The smallest absolute Gasteiger partial charge is 0.393 e. The second kappa shape index (κ2) is 6.59. The van der Waals surface area contributed by atoms with Gasteiger partial charge in [0.25, 0.3) is 5.69 Å². The van der Waals surface area contributed by atoms with Gasteiger partial charge in [-0.05, 0) is 12.1 Å². The highest BCUT2D eigenvalue weighted by Gasteiger charge is 2.10. The molecular weight excluding hydrogens is 288 g/mol. The van der Waals surface area contributed by atoms with Crippen molar-refractivity contribution >= 4 is 23.2 Å². The second-order valence-corrected chi connectivity index (χ2v) is 4.39. The van der Waals surface area contributed by atoms with E-state index in [0.717, 1.165) is 4.88 Å². The maximum Gasteiger partial charge on any atom is 0.546 e. The van der Waals surface area contributed by atoms with Gasteiger partial charge in [-0.3, -0.25) is 20.0 Å². The van der Waals surface area contributed by atoms with E-state index in [0.29, 0.717) is 0 Å². The van der Waals surface area contributed by atoms with Crippen LogP contribution < -0.4 is 4.74 Å². The maximum atomic E-state index is 11.2. The third-order valence-electron chi connectivity index (χ3n) is 2.06. The molecule has 0 amide bonds. The van der Waals surface area contributed by atoms with Crippen LogP contribution in [-0.4, -0.2) is 16.1 Å². The predicted octanol–water partition coefficient (Wildman–Crippen LogP) is 2.70. The summed E-state index contributed by atoms with van der Waals surface area (Å²) in [5, 5.41) is 10.4. The van der Waals surface area contributed by atoms with Gasteiger partial charge < -0.3 is 4.74 Å². The summed E-state index contributed by atoms with van der Waals surface area (Å²) in [6.45, 7) is 0.0695. The summed E-state index contributed by atoms with van der Waals surface area (Å²) < 4.78 is 4.75. The van der Waals surface area contributed by atoms with E-state index in [2.05, 4.69) is 14.8 Å². The molecule has 0 unspecified atom stereocenters. The van der Waals surface area contributed by atoms with E-state index in [1.165, 1.54) is 35.6 Å². The number of hydrogen-bond donors (Lipinski definition) is 0. The molecule has 104 valence electrons. The van der Waals surface area contributed by atoms with Gasteiger partial charge in [0.15, 0.2) is 0 Å². The van der Waals surface area contributed by atoms with Gasteiger partial charge >= 0.3 is 6.16 Å². The van der Waals surface area contributed by atoms with Gasteiger partial charge in [0.05, 0.1) is 15.3 Å². The molecule has 9 heteroatoms. The van der Waals surface area contributed by atoms with Gasteiger partial charge in [-0.2, -0.15) is 4.89 Å². The molecule has 20 heavy (non-hydrogen) atoms. The Bertz CT molecular complexity index is 583. The lowest BCUT2D eigenvalue weighted by atomic mass is 10.3. The van der Waals surface area contributed by atoms with E-state index in [-0.39, 0.29) is 18.0 Å². The first-order valence-corrected chi connectivity index (χ1v) is 6.16. The van der Waals surface area contributed by atoms with E-state index >= 15 is 0 Å². The molecule has 1 aromatic heterocycles. The van der Waals surface area contributed by atoms with Gasteiger partial charge in [-0.1, -0.05) is 0 Å². The van der Waals surface area contributed by atoms with Crippen LogP contribution in [0.5, 0.6) is 5.75 Å². The Morgan fingerprint density at radius 1 is 1.35 bits per heavy atom. The number of nitrogens with zero attached hydrogens (tertiary/aromatic N) is 2. The number of carbonyl (C=O) groups is 1. The lowest BCUT2D eigenvalue weighted by Gasteiger charge is -2.03. The monoisotopic (exact) mass is 296 g/mol. The highest BCUT2D eigenvalue weighted by Crippen LogP contribution is 2.17. The Morgan fingerprint density at radius 2 is 2.10 bits per heavy atom. The molecule has 0 fully saturated rings. The average Bonchev–Trinajstić information content (AvgIpc) is 2.92. The van der Waals surface area contributed by atoms with Crippen molar-refractivity contribution in [1.29, 1.82) is 0 Å². The zero-order chi connectivity index (χ0) is 14.4. The highest BCUT2D eigenvalue weighted by molar-refractivity contribution is 7.09. The van der Waals surface area contributed by atoms with Crippen molar-refractivity contribution in [2.24, 2.45) is 0 Å². The number of nitro groups is 1. The third kappa shape index (κ3) is 4.00. The number of non-ortho nitro benzene ring substituents is 1. The fourth-order valence-corrected chi connectivity index (χ4v) is 1.69. The lowest BCUT2D eigenvalue weighted by molar-refractivity contribution is -0.384. The largest absolute Gasteiger partial charge is 0.546 e. The summed E-state index contributed by atoms with van der Waals surface area (Å²) >= 11 is 1.35. The molecule has 0 atom stereocenters. The minimum absolute atomic E-state index is 0.0695. The number of aromatic nitrogens is 1.